The molecule has 2 N–H and O–H groups in total. The molecule has 1 aromatic heterocycles. The Labute approximate surface area is 150 Å². The fourth-order valence-corrected chi connectivity index (χ4v) is 2.41. The van der Waals surface area contributed by atoms with E-state index in [-0.39, 0.29) is 5.91 Å². The van der Waals surface area contributed by atoms with E-state index in [0.29, 0.717) is 18.1 Å². The van der Waals surface area contributed by atoms with Crippen molar-refractivity contribution in [3.8, 4) is 0 Å². The minimum absolute atomic E-state index is 0.203. The monoisotopic (exact) mass is 391 g/mol. The van der Waals surface area contributed by atoms with Crippen LogP contribution in [0.1, 0.15) is 22.5 Å². The molecule has 0 spiro atoms. The Morgan fingerprint density at radius 3 is 2.62 bits per heavy atom. The Hall–Kier alpha value is -1.99. The van der Waals surface area contributed by atoms with Crippen molar-refractivity contribution < 1.29 is 4.79 Å². The minimum atomic E-state index is -0.203. The number of aryl methyl sites for hydroxylation is 1. The number of carbonyl (C=O) groups excluding carboxylic acids is 1. The maximum atomic E-state index is 12.0. The van der Waals surface area contributed by atoms with E-state index in [2.05, 4.69) is 41.7 Å². The van der Waals surface area contributed by atoms with Crippen LogP contribution in [0.2, 0.25) is 0 Å². The highest BCUT2D eigenvalue weighted by molar-refractivity contribution is 9.10. The number of carbonyl (C=O) groups is 1. The van der Waals surface area contributed by atoms with E-state index >= 15 is 0 Å². The maximum absolute atomic E-state index is 12.0. The van der Waals surface area contributed by atoms with Crippen molar-refractivity contribution >= 4 is 33.3 Å². The first-order chi connectivity index (χ1) is 11.5. The van der Waals surface area contributed by atoms with Crippen LogP contribution in [0.5, 0.6) is 0 Å². The SMILES string of the molecule is Cc1ccc(Nc2ccc(C(=O)NCCCN(C)C)nn2)cc1Br. The number of halogens is 1. The second kappa shape index (κ2) is 8.75. The molecule has 0 saturated heterocycles. The minimum Gasteiger partial charge on any atom is -0.351 e. The third kappa shape index (κ3) is 5.58. The van der Waals surface area contributed by atoms with Gasteiger partial charge in [0, 0.05) is 16.7 Å². The van der Waals surface area contributed by atoms with E-state index in [1.165, 1.54) is 0 Å². The molecule has 0 aliphatic heterocycles. The lowest BCUT2D eigenvalue weighted by Crippen LogP contribution is -2.28. The summed E-state index contributed by atoms with van der Waals surface area (Å²) in [6, 6.07) is 9.36. The van der Waals surface area contributed by atoms with Crippen molar-refractivity contribution in [2.24, 2.45) is 0 Å². The van der Waals surface area contributed by atoms with Crippen molar-refractivity contribution in [1.82, 2.24) is 20.4 Å². The Kier molecular flexibility index (Phi) is 6.69. The lowest BCUT2D eigenvalue weighted by atomic mass is 10.2. The molecule has 0 fully saturated rings. The van der Waals surface area contributed by atoms with Crippen LogP contribution in [-0.4, -0.2) is 48.2 Å². The van der Waals surface area contributed by atoms with E-state index < -0.39 is 0 Å². The number of benzene rings is 1. The number of anilines is 2. The van der Waals surface area contributed by atoms with E-state index in [4.69, 9.17) is 0 Å². The number of hydrogen-bond acceptors (Lipinski definition) is 5. The van der Waals surface area contributed by atoms with Crippen LogP contribution < -0.4 is 10.6 Å². The third-order valence-corrected chi connectivity index (χ3v) is 4.26. The first kappa shape index (κ1) is 18.4. The van der Waals surface area contributed by atoms with Crippen LogP contribution in [0.25, 0.3) is 0 Å². The highest BCUT2D eigenvalue weighted by Gasteiger charge is 2.08. The van der Waals surface area contributed by atoms with Gasteiger partial charge in [-0.3, -0.25) is 4.79 Å². The zero-order valence-corrected chi connectivity index (χ0v) is 15.7. The van der Waals surface area contributed by atoms with Crippen LogP contribution in [-0.2, 0) is 0 Å². The summed E-state index contributed by atoms with van der Waals surface area (Å²) < 4.78 is 1.02. The summed E-state index contributed by atoms with van der Waals surface area (Å²) in [5.74, 6) is 0.390. The Morgan fingerprint density at radius 2 is 2.00 bits per heavy atom. The maximum Gasteiger partial charge on any atom is 0.271 e. The smallest absolute Gasteiger partial charge is 0.271 e. The van der Waals surface area contributed by atoms with Crippen molar-refractivity contribution in [3.63, 3.8) is 0 Å². The number of aromatic nitrogens is 2. The van der Waals surface area contributed by atoms with Crippen molar-refractivity contribution in [1.29, 1.82) is 0 Å². The summed E-state index contributed by atoms with van der Waals surface area (Å²) in [6.45, 7) is 3.58. The van der Waals surface area contributed by atoms with Gasteiger partial charge in [0.2, 0.25) is 0 Å². The van der Waals surface area contributed by atoms with Crippen LogP contribution in [0.3, 0.4) is 0 Å². The van der Waals surface area contributed by atoms with Gasteiger partial charge in [0.05, 0.1) is 0 Å². The van der Waals surface area contributed by atoms with Crippen LogP contribution in [0.4, 0.5) is 11.5 Å². The van der Waals surface area contributed by atoms with E-state index in [9.17, 15) is 4.79 Å². The molecule has 0 atom stereocenters. The summed E-state index contributed by atoms with van der Waals surface area (Å²) >= 11 is 3.50. The number of hydrogen-bond donors (Lipinski definition) is 2. The molecule has 0 aliphatic rings. The van der Waals surface area contributed by atoms with Crippen LogP contribution in [0, 0.1) is 6.92 Å². The molecule has 24 heavy (non-hydrogen) atoms. The molecule has 0 aliphatic carbocycles. The lowest BCUT2D eigenvalue weighted by molar-refractivity contribution is 0.0946. The molecular weight excluding hydrogens is 370 g/mol. The summed E-state index contributed by atoms with van der Waals surface area (Å²) in [4.78, 5) is 14.1. The molecule has 0 bridgehead atoms. The zero-order valence-electron chi connectivity index (χ0n) is 14.1. The number of amides is 1. The van der Waals surface area contributed by atoms with Gasteiger partial charge in [-0.1, -0.05) is 22.0 Å². The fourth-order valence-electron chi connectivity index (χ4n) is 2.03. The predicted octanol–water partition coefficient (Wildman–Crippen LogP) is 2.97. The molecule has 128 valence electrons. The van der Waals surface area contributed by atoms with E-state index in [1.54, 1.807) is 12.1 Å². The van der Waals surface area contributed by atoms with Crippen LogP contribution in [0.15, 0.2) is 34.8 Å². The Morgan fingerprint density at radius 1 is 1.21 bits per heavy atom. The highest BCUT2D eigenvalue weighted by atomic mass is 79.9. The Balaban J connectivity index is 1.90. The topological polar surface area (TPSA) is 70.2 Å². The molecule has 1 amide bonds. The van der Waals surface area contributed by atoms with Gasteiger partial charge in [-0.05, 0) is 63.8 Å². The van der Waals surface area contributed by atoms with Crippen molar-refractivity contribution in [2.75, 3.05) is 32.5 Å². The molecule has 7 heteroatoms. The molecule has 1 heterocycles. The van der Waals surface area contributed by atoms with Crippen LogP contribution >= 0.6 is 15.9 Å². The quantitative estimate of drug-likeness (QED) is 0.709. The lowest BCUT2D eigenvalue weighted by Gasteiger charge is -2.10. The van der Waals surface area contributed by atoms with Gasteiger partial charge in [0.1, 0.15) is 0 Å². The first-order valence-corrected chi connectivity index (χ1v) is 8.55. The zero-order chi connectivity index (χ0) is 17.5. The molecule has 0 saturated carbocycles. The van der Waals surface area contributed by atoms with E-state index in [0.717, 1.165) is 28.7 Å². The highest BCUT2D eigenvalue weighted by Crippen LogP contribution is 2.22. The first-order valence-electron chi connectivity index (χ1n) is 7.75. The number of rotatable bonds is 7. The van der Waals surface area contributed by atoms with Gasteiger partial charge in [-0.25, -0.2) is 0 Å². The Bertz CT molecular complexity index is 688. The predicted molar refractivity (Wildman–Crippen MR) is 99.7 cm³/mol. The summed E-state index contributed by atoms with van der Waals surface area (Å²) in [6.07, 6.45) is 0.897. The van der Waals surface area contributed by atoms with Gasteiger partial charge in [0.25, 0.3) is 5.91 Å². The molecule has 2 aromatic rings. The summed E-state index contributed by atoms with van der Waals surface area (Å²) in [7, 11) is 4.01. The van der Waals surface area contributed by atoms with Gasteiger partial charge in [-0.15, -0.1) is 10.2 Å². The van der Waals surface area contributed by atoms with Gasteiger partial charge in [-0.2, -0.15) is 0 Å². The van der Waals surface area contributed by atoms with Gasteiger partial charge >= 0.3 is 0 Å². The largest absolute Gasteiger partial charge is 0.351 e. The summed E-state index contributed by atoms with van der Waals surface area (Å²) in [5.41, 5.74) is 2.38. The second-order valence-electron chi connectivity index (χ2n) is 5.81. The molecule has 2 rings (SSSR count). The number of nitrogens with zero attached hydrogens (tertiary/aromatic N) is 3. The molecule has 6 nitrogen and oxygen atoms in total. The second-order valence-corrected chi connectivity index (χ2v) is 6.66. The molecule has 0 unspecified atom stereocenters. The van der Waals surface area contributed by atoms with Gasteiger partial charge < -0.3 is 15.5 Å². The standard InChI is InChI=1S/C17H22BrN5O/c1-12-5-6-13(11-14(12)18)20-16-8-7-15(21-22-16)17(24)19-9-4-10-23(2)3/h5-8,11H,4,9-10H2,1-3H3,(H,19,24)(H,20,22). The van der Waals surface area contributed by atoms with Crippen molar-refractivity contribution in [2.45, 2.75) is 13.3 Å². The fraction of sp³-hybridized carbons (Fsp3) is 0.353. The molecule has 1 aromatic carbocycles. The third-order valence-electron chi connectivity index (χ3n) is 3.41. The van der Waals surface area contributed by atoms with E-state index in [1.807, 2.05) is 39.2 Å². The molecule has 0 radical (unpaired) electrons. The van der Waals surface area contributed by atoms with Crippen molar-refractivity contribution in [3.05, 3.63) is 46.1 Å². The summed E-state index contributed by atoms with van der Waals surface area (Å²) in [5, 5.41) is 14.0. The molecular formula is C17H22BrN5O. The van der Waals surface area contributed by atoms with Gasteiger partial charge in [0.15, 0.2) is 11.5 Å². The normalized spacial score (nSPS) is 10.7. The number of nitrogens with one attached hydrogen (secondary N) is 2. The average Bonchev–Trinajstić information content (AvgIpc) is 2.55. The average molecular weight is 392 g/mol.